The molecule has 0 aliphatic heterocycles. The average Bonchev–Trinajstić information content (AvgIpc) is 2.53. The van der Waals surface area contributed by atoms with E-state index in [-0.39, 0.29) is 0 Å². The molecular weight excluding hydrogens is 288 g/mol. The van der Waals surface area contributed by atoms with Gasteiger partial charge in [-0.1, -0.05) is 76.4 Å². The number of aryl methyl sites for hydroxylation is 2. The van der Waals surface area contributed by atoms with Crippen LogP contribution in [0.3, 0.4) is 0 Å². The first-order valence-corrected chi connectivity index (χ1v) is 9.72. The molecule has 24 heavy (non-hydrogen) atoms. The lowest BCUT2D eigenvalue weighted by Crippen LogP contribution is -1.92. The minimum atomic E-state index is 0.780. The Morgan fingerprint density at radius 2 is 1.83 bits per heavy atom. The number of rotatable bonds is 9. The van der Waals surface area contributed by atoms with E-state index >= 15 is 0 Å². The summed E-state index contributed by atoms with van der Waals surface area (Å²) in [5.74, 6) is 0.780. The summed E-state index contributed by atoms with van der Waals surface area (Å²) in [6.07, 6.45) is 8.72. The zero-order valence-electron chi connectivity index (χ0n) is 16.1. The van der Waals surface area contributed by atoms with E-state index in [2.05, 4.69) is 64.6 Å². The van der Waals surface area contributed by atoms with Gasteiger partial charge in [0.25, 0.3) is 0 Å². The minimum Gasteiger partial charge on any atom is -0.0952 e. The maximum absolute atomic E-state index is 4.33. The number of hydrogen-bond acceptors (Lipinski definition) is 0. The summed E-state index contributed by atoms with van der Waals surface area (Å²) in [5.41, 5.74) is 5.48. The highest BCUT2D eigenvalue weighted by molar-refractivity contribution is 5.89. The molecule has 0 unspecified atom stereocenters. The molecule has 2 rings (SSSR count). The second-order valence-electron chi connectivity index (χ2n) is 7.71. The molecule has 2 aromatic carbocycles. The normalized spacial score (nSPS) is 11.4. The summed E-state index contributed by atoms with van der Waals surface area (Å²) in [4.78, 5) is 0. The van der Waals surface area contributed by atoms with Crippen molar-refractivity contribution in [2.24, 2.45) is 5.92 Å². The third kappa shape index (κ3) is 5.23. The van der Waals surface area contributed by atoms with E-state index in [0.29, 0.717) is 0 Å². The van der Waals surface area contributed by atoms with Gasteiger partial charge in [-0.3, -0.25) is 0 Å². The summed E-state index contributed by atoms with van der Waals surface area (Å²) >= 11 is 0. The molecule has 0 nitrogen and oxygen atoms in total. The number of unbranched alkanes of at least 4 members (excludes halogenated alkanes) is 2. The van der Waals surface area contributed by atoms with Crippen LogP contribution in [0.1, 0.15) is 76.0 Å². The fourth-order valence-corrected chi connectivity index (χ4v) is 3.47. The highest BCUT2D eigenvalue weighted by atomic mass is 14.1. The first-order valence-electron chi connectivity index (χ1n) is 9.72. The maximum atomic E-state index is 4.33. The Hall–Kier alpha value is -1.56. The number of fused-ring (bicyclic) bond motifs is 1. The lowest BCUT2D eigenvalue weighted by Gasteiger charge is -2.12. The van der Waals surface area contributed by atoms with Gasteiger partial charge in [-0.2, -0.15) is 0 Å². The zero-order valence-corrected chi connectivity index (χ0v) is 16.1. The Morgan fingerprint density at radius 3 is 2.54 bits per heavy atom. The van der Waals surface area contributed by atoms with Crippen molar-refractivity contribution < 1.29 is 0 Å². The summed E-state index contributed by atoms with van der Waals surface area (Å²) < 4.78 is 0. The van der Waals surface area contributed by atoms with E-state index in [1.165, 1.54) is 71.6 Å². The predicted molar refractivity (Wildman–Crippen MR) is 110 cm³/mol. The van der Waals surface area contributed by atoms with Gasteiger partial charge < -0.3 is 0 Å². The van der Waals surface area contributed by atoms with Crippen molar-refractivity contribution in [3.05, 3.63) is 53.6 Å². The molecule has 0 bridgehead atoms. The lowest BCUT2D eigenvalue weighted by atomic mass is 9.93. The van der Waals surface area contributed by atoms with Gasteiger partial charge in [0.2, 0.25) is 0 Å². The molecule has 0 N–H and O–H groups in total. The molecule has 0 radical (unpaired) electrons. The first-order chi connectivity index (χ1) is 11.5. The van der Waals surface area contributed by atoms with Crippen LogP contribution in [-0.4, -0.2) is 0 Å². The standard InChI is InChI=1S/C24H34/c1-6-7-8-12-22-15-19(4)16-23-17-21(13-14-24(22)23)20(5)11-9-10-18(2)3/h13-18H,5-12H2,1-4H3. The van der Waals surface area contributed by atoms with E-state index in [9.17, 15) is 0 Å². The van der Waals surface area contributed by atoms with Crippen LogP contribution in [0, 0.1) is 12.8 Å². The van der Waals surface area contributed by atoms with Crippen molar-refractivity contribution >= 4 is 16.3 Å². The highest BCUT2D eigenvalue weighted by Crippen LogP contribution is 2.28. The third-order valence-electron chi connectivity index (χ3n) is 4.90. The number of benzene rings is 2. The molecule has 0 atom stereocenters. The fraction of sp³-hybridized carbons (Fsp3) is 0.500. The lowest BCUT2D eigenvalue weighted by molar-refractivity contribution is 0.562. The molecule has 2 aromatic rings. The zero-order chi connectivity index (χ0) is 17.5. The molecule has 0 saturated carbocycles. The Labute approximate surface area is 149 Å². The van der Waals surface area contributed by atoms with Crippen LogP contribution in [0.5, 0.6) is 0 Å². The Balaban J connectivity index is 2.19. The van der Waals surface area contributed by atoms with Crippen molar-refractivity contribution in [2.75, 3.05) is 0 Å². The number of hydrogen-bond donors (Lipinski definition) is 0. The largest absolute Gasteiger partial charge is 0.0952 e. The molecule has 0 aliphatic carbocycles. The van der Waals surface area contributed by atoms with E-state index in [1.54, 1.807) is 0 Å². The van der Waals surface area contributed by atoms with E-state index in [4.69, 9.17) is 0 Å². The van der Waals surface area contributed by atoms with Gasteiger partial charge in [0, 0.05) is 0 Å². The second kappa shape index (κ2) is 9.06. The van der Waals surface area contributed by atoms with Gasteiger partial charge in [0.05, 0.1) is 0 Å². The molecule has 0 heterocycles. The van der Waals surface area contributed by atoms with Gasteiger partial charge in [0.1, 0.15) is 0 Å². The first kappa shape index (κ1) is 18.8. The van der Waals surface area contributed by atoms with Crippen molar-refractivity contribution in [1.82, 2.24) is 0 Å². The van der Waals surface area contributed by atoms with Crippen LogP contribution in [0.4, 0.5) is 0 Å². The number of allylic oxidation sites excluding steroid dienone is 1. The maximum Gasteiger partial charge on any atom is -0.0151 e. The van der Waals surface area contributed by atoms with Crippen molar-refractivity contribution in [3.63, 3.8) is 0 Å². The van der Waals surface area contributed by atoms with Gasteiger partial charge in [-0.15, -0.1) is 0 Å². The van der Waals surface area contributed by atoms with Crippen LogP contribution in [0.25, 0.3) is 16.3 Å². The fourth-order valence-electron chi connectivity index (χ4n) is 3.47. The van der Waals surface area contributed by atoms with Crippen LogP contribution in [-0.2, 0) is 6.42 Å². The smallest absolute Gasteiger partial charge is 0.0151 e. The molecule has 0 amide bonds. The quantitative estimate of drug-likeness (QED) is 0.414. The van der Waals surface area contributed by atoms with Crippen LogP contribution < -0.4 is 0 Å². The summed E-state index contributed by atoms with van der Waals surface area (Å²) in [7, 11) is 0. The predicted octanol–water partition coefficient (Wildman–Crippen LogP) is 7.72. The SMILES string of the molecule is C=C(CCCC(C)C)c1ccc2c(CCCCC)cc(C)cc2c1. The third-order valence-corrected chi connectivity index (χ3v) is 4.90. The van der Waals surface area contributed by atoms with E-state index < -0.39 is 0 Å². The van der Waals surface area contributed by atoms with E-state index in [1.807, 2.05) is 0 Å². The van der Waals surface area contributed by atoms with Crippen LogP contribution in [0.2, 0.25) is 0 Å². The molecule has 0 fully saturated rings. The van der Waals surface area contributed by atoms with Gasteiger partial charge in [0.15, 0.2) is 0 Å². The molecule has 0 spiro atoms. The summed E-state index contributed by atoms with van der Waals surface area (Å²) in [6, 6.07) is 11.6. The monoisotopic (exact) mass is 322 g/mol. The van der Waals surface area contributed by atoms with Gasteiger partial charge in [-0.25, -0.2) is 0 Å². The molecule has 0 heteroatoms. The highest BCUT2D eigenvalue weighted by Gasteiger charge is 2.06. The molecule has 0 saturated heterocycles. The Morgan fingerprint density at radius 1 is 1.04 bits per heavy atom. The summed E-state index contributed by atoms with van der Waals surface area (Å²) in [5, 5.41) is 2.81. The Bertz CT molecular complexity index is 676. The molecular formula is C24H34. The minimum absolute atomic E-state index is 0.780. The topological polar surface area (TPSA) is 0 Å². The van der Waals surface area contributed by atoms with Gasteiger partial charge >= 0.3 is 0 Å². The van der Waals surface area contributed by atoms with Gasteiger partial charge in [-0.05, 0) is 72.1 Å². The molecule has 0 aliphatic rings. The molecule has 130 valence electrons. The summed E-state index contributed by atoms with van der Waals surface area (Å²) in [6.45, 7) is 13.4. The Kier molecular flexibility index (Phi) is 7.09. The van der Waals surface area contributed by atoms with Crippen molar-refractivity contribution in [1.29, 1.82) is 0 Å². The van der Waals surface area contributed by atoms with Crippen LogP contribution >= 0.6 is 0 Å². The van der Waals surface area contributed by atoms with Crippen LogP contribution in [0.15, 0.2) is 36.9 Å². The second-order valence-corrected chi connectivity index (χ2v) is 7.71. The molecule has 0 aromatic heterocycles. The van der Waals surface area contributed by atoms with Crippen molar-refractivity contribution in [3.8, 4) is 0 Å². The average molecular weight is 323 g/mol. The van der Waals surface area contributed by atoms with E-state index in [0.717, 1.165) is 12.3 Å². The van der Waals surface area contributed by atoms with Crippen molar-refractivity contribution in [2.45, 2.75) is 72.6 Å².